The number of aromatic nitrogens is 1. The zero-order valence-electron chi connectivity index (χ0n) is 9.03. The van der Waals surface area contributed by atoms with E-state index in [0.717, 1.165) is 28.3 Å². The predicted molar refractivity (Wildman–Crippen MR) is 70.9 cm³/mol. The van der Waals surface area contributed by atoms with Crippen molar-refractivity contribution < 1.29 is 4.42 Å². The molecule has 2 heterocycles. The first-order chi connectivity index (χ1) is 7.74. The highest BCUT2D eigenvalue weighted by Crippen LogP contribution is 2.09. The molecule has 4 heteroatoms. The third-order valence-electron chi connectivity index (χ3n) is 2.23. The molecule has 16 heavy (non-hydrogen) atoms. The summed E-state index contributed by atoms with van der Waals surface area (Å²) in [6.07, 6.45) is 1.90. The minimum atomic E-state index is 0.747. The van der Waals surface area contributed by atoms with Crippen LogP contribution in [0.25, 0.3) is 0 Å². The van der Waals surface area contributed by atoms with Gasteiger partial charge in [-0.25, -0.2) is 0 Å². The van der Waals surface area contributed by atoms with Gasteiger partial charge in [0.2, 0.25) is 0 Å². The van der Waals surface area contributed by atoms with E-state index in [1.165, 1.54) is 5.56 Å². The number of hydrogen-bond acceptors (Lipinski definition) is 3. The van der Waals surface area contributed by atoms with Gasteiger partial charge in [0.25, 0.3) is 0 Å². The highest BCUT2D eigenvalue weighted by molar-refractivity contribution is 14.1. The van der Waals surface area contributed by atoms with Crippen LogP contribution in [0.2, 0.25) is 0 Å². The Kier molecular flexibility index (Phi) is 3.95. The predicted octanol–water partition coefficient (Wildman–Crippen LogP) is 2.88. The van der Waals surface area contributed by atoms with Crippen molar-refractivity contribution in [2.24, 2.45) is 0 Å². The van der Waals surface area contributed by atoms with Crippen LogP contribution in [0.4, 0.5) is 0 Å². The van der Waals surface area contributed by atoms with Crippen molar-refractivity contribution >= 4 is 22.6 Å². The first kappa shape index (κ1) is 11.6. The molecule has 0 atom stereocenters. The Morgan fingerprint density at radius 1 is 1.25 bits per heavy atom. The second kappa shape index (κ2) is 5.45. The van der Waals surface area contributed by atoms with E-state index in [1.54, 1.807) is 0 Å². The number of aryl methyl sites for hydroxylation is 1. The normalized spacial score (nSPS) is 10.6. The molecule has 2 rings (SSSR count). The Morgan fingerprint density at radius 2 is 2.12 bits per heavy atom. The lowest BCUT2D eigenvalue weighted by molar-refractivity contribution is 0.463. The summed E-state index contributed by atoms with van der Waals surface area (Å²) < 4.78 is 6.37. The lowest BCUT2D eigenvalue weighted by Crippen LogP contribution is -2.12. The summed E-state index contributed by atoms with van der Waals surface area (Å²) >= 11 is 2.16. The fourth-order valence-corrected chi connectivity index (χ4v) is 1.84. The summed E-state index contributed by atoms with van der Waals surface area (Å²) in [4.78, 5) is 4.24. The molecule has 84 valence electrons. The van der Waals surface area contributed by atoms with Crippen LogP contribution >= 0.6 is 22.6 Å². The van der Waals surface area contributed by atoms with Crippen molar-refractivity contribution in [1.82, 2.24) is 10.3 Å². The van der Waals surface area contributed by atoms with Gasteiger partial charge < -0.3 is 9.73 Å². The fourth-order valence-electron chi connectivity index (χ4n) is 1.38. The van der Waals surface area contributed by atoms with Gasteiger partial charge in [0.15, 0.2) is 3.77 Å². The summed E-state index contributed by atoms with van der Waals surface area (Å²) in [5.74, 6) is 0.962. The lowest BCUT2D eigenvalue weighted by Gasteiger charge is -2.02. The summed E-state index contributed by atoms with van der Waals surface area (Å²) in [6, 6.07) is 8.06. The standard InChI is InChI=1S/C12H13IN2O/c1-9-2-3-10(7-15-9)6-14-8-11-4-5-12(13)16-11/h2-5,7,14H,6,8H2,1H3. The zero-order valence-corrected chi connectivity index (χ0v) is 11.2. The Hall–Kier alpha value is -0.880. The Balaban J connectivity index is 1.82. The van der Waals surface area contributed by atoms with Gasteiger partial charge in [-0.15, -0.1) is 0 Å². The average Bonchev–Trinajstić information content (AvgIpc) is 2.67. The number of pyridine rings is 1. The zero-order chi connectivity index (χ0) is 11.4. The molecule has 3 nitrogen and oxygen atoms in total. The molecule has 0 radical (unpaired) electrons. The van der Waals surface area contributed by atoms with E-state index in [-0.39, 0.29) is 0 Å². The number of nitrogens with one attached hydrogen (secondary N) is 1. The summed E-state index contributed by atoms with van der Waals surface area (Å²) in [6.45, 7) is 3.55. The SMILES string of the molecule is Cc1ccc(CNCc2ccc(I)o2)cn1. The molecule has 0 aliphatic carbocycles. The number of furan rings is 1. The van der Waals surface area contributed by atoms with E-state index < -0.39 is 0 Å². The monoisotopic (exact) mass is 328 g/mol. The molecular weight excluding hydrogens is 315 g/mol. The minimum Gasteiger partial charge on any atom is -0.454 e. The van der Waals surface area contributed by atoms with Crippen LogP contribution in [0.1, 0.15) is 17.0 Å². The van der Waals surface area contributed by atoms with E-state index in [1.807, 2.05) is 31.3 Å². The van der Waals surface area contributed by atoms with Crippen LogP contribution in [0.15, 0.2) is 34.9 Å². The highest BCUT2D eigenvalue weighted by atomic mass is 127. The largest absolute Gasteiger partial charge is 0.454 e. The molecule has 1 N–H and O–H groups in total. The molecular formula is C12H13IN2O. The highest BCUT2D eigenvalue weighted by Gasteiger charge is 1.99. The number of halogens is 1. The number of rotatable bonds is 4. The quantitative estimate of drug-likeness (QED) is 0.877. The third-order valence-corrected chi connectivity index (χ3v) is 2.81. The Bertz CT molecular complexity index is 450. The maximum atomic E-state index is 5.45. The van der Waals surface area contributed by atoms with Crippen LogP contribution in [0, 0.1) is 10.7 Å². The van der Waals surface area contributed by atoms with Crippen LogP contribution in [0.3, 0.4) is 0 Å². The minimum absolute atomic E-state index is 0.747. The first-order valence-electron chi connectivity index (χ1n) is 5.10. The smallest absolute Gasteiger partial charge is 0.164 e. The van der Waals surface area contributed by atoms with Crippen LogP contribution in [-0.4, -0.2) is 4.98 Å². The third kappa shape index (κ3) is 3.31. The van der Waals surface area contributed by atoms with Crippen molar-refractivity contribution in [1.29, 1.82) is 0 Å². The summed E-state index contributed by atoms with van der Waals surface area (Å²) in [7, 11) is 0. The van der Waals surface area contributed by atoms with Gasteiger partial charge in [0.05, 0.1) is 6.54 Å². The van der Waals surface area contributed by atoms with E-state index >= 15 is 0 Å². The Labute approximate surface area is 108 Å². The first-order valence-corrected chi connectivity index (χ1v) is 6.18. The lowest BCUT2D eigenvalue weighted by atomic mass is 10.2. The summed E-state index contributed by atoms with van der Waals surface area (Å²) in [5.41, 5.74) is 2.23. The van der Waals surface area contributed by atoms with Gasteiger partial charge in [-0.3, -0.25) is 4.98 Å². The second-order valence-corrected chi connectivity index (χ2v) is 4.68. The van der Waals surface area contributed by atoms with Gasteiger partial charge in [-0.05, 0) is 53.3 Å². The van der Waals surface area contributed by atoms with Gasteiger partial charge >= 0.3 is 0 Å². The Morgan fingerprint density at radius 3 is 2.75 bits per heavy atom. The van der Waals surface area contributed by atoms with Gasteiger partial charge in [0.1, 0.15) is 5.76 Å². The molecule has 0 spiro atoms. The number of hydrogen-bond donors (Lipinski definition) is 1. The van der Waals surface area contributed by atoms with E-state index in [4.69, 9.17) is 4.42 Å². The van der Waals surface area contributed by atoms with E-state index in [2.05, 4.69) is 39.0 Å². The van der Waals surface area contributed by atoms with E-state index in [0.29, 0.717) is 0 Å². The average molecular weight is 328 g/mol. The molecule has 0 unspecified atom stereocenters. The molecule has 0 saturated carbocycles. The molecule has 2 aromatic rings. The maximum absolute atomic E-state index is 5.45. The molecule has 0 aromatic carbocycles. The maximum Gasteiger partial charge on any atom is 0.164 e. The molecule has 0 aliphatic heterocycles. The van der Waals surface area contributed by atoms with Crippen LogP contribution < -0.4 is 5.32 Å². The fraction of sp³-hybridized carbons (Fsp3) is 0.250. The van der Waals surface area contributed by atoms with Crippen molar-refractivity contribution in [3.05, 3.63) is 51.2 Å². The molecule has 0 saturated heterocycles. The van der Waals surface area contributed by atoms with Crippen molar-refractivity contribution in [3.8, 4) is 0 Å². The topological polar surface area (TPSA) is 38.1 Å². The van der Waals surface area contributed by atoms with Gasteiger partial charge in [-0.1, -0.05) is 6.07 Å². The van der Waals surface area contributed by atoms with Crippen LogP contribution in [-0.2, 0) is 13.1 Å². The molecule has 0 fully saturated rings. The summed E-state index contributed by atoms with van der Waals surface area (Å²) in [5, 5.41) is 3.31. The van der Waals surface area contributed by atoms with Gasteiger partial charge in [-0.2, -0.15) is 0 Å². The van der Waals surface area contributed by atoms with Crippen molar-refractivity contribution in [2.45, 2.75) is 20.0 Å². The van der Waals surface area contributed by atoms with Crippen molar-refractivity contribution in [3.63, 3.8) is 0 Å². The number of nitrogens with zero attached hydrogens (tertiary/aromatic N) is 1. The molecule has 0 amide bonds. The van der Waals surface area contributed by atoms with E-state index in [9.17, 15) is 0 Å². The molecule has 0 bridgehead atoms. The molecule has 0 aliphatic rings. The van der Waals surface area contributed by atoms with Gasteiger partial charge in [0, 0.05) is 18.4 Å². The second-order valence-electron chi connectivity index (χ2n) is 3.62. The molecule has 2 aromatic heterocycles. The van der Waals surface area contributed by atoms with Crippen molar-refractivity contribution in [2.75, 3.05) is 0 Å². The van der Waals surface area contributed by atoms with Crippen LogP contribution in [0.5, 0.6) is 0 Å².